The second-order valence-corrected chi connectivity index (χ2v) is 8.19. The summed E-state index contributed by atoms with van der Waals surface area (Å²) in [5, 5.41) is 0. The molecule has 0 radical (unpaired) electrons. The van der Waals surface area contributed by atoms with Gasteiger partial charge in [0.25, 0.3) is 0 Å². The smallest absolute Gasteiger partial charge is 0.320 e. The van der Waals surface area contributed by atoms with Crippen LogP contribution in [0.1, 0.15) is 31.9 Å². The Hall–Kier alpha value is -3.02. The number of pyridine rings is 1. The molecule has 3 nitrogen and oxygen atoms in total. The number of fused-ring (bicyclic) bond motifs is 1. The van der Waals surface area contributed by atoms with Gasteiger partial charge in [0.1, 0.15) is 6.67 Å². The normalized spacial score (nSPS) is 14.3. The topological polar surface area (TPSA) is 19.4 Å². The Kier molecular flexibility index (Phi) is 4.52. The summed E-state index contributed by atoms with van der Waals surface area (Å²) in [5.41, 5.74) is 2.64. The molecule has 0 amide bonds. The summed E-state index contributed by atoms with van der Waals surface area (Å²) in [6.07, 6.45) is -3.53. The SMILES string of the molecule is CC(C)(C)c1ccc(N2CN(c3ccccc3)c3cc(C(F)(F)F)cnc32)cc1. The number of hydrogen-bond donors (Lipinski definition) is 0. The van der Waals surface area contributed by atoms with Gasteiger partial charge in [0, 0.05) is 17.6 Å². The largest absolute Gasteiger partial charge is 0.417 e. The number of rotatable bonds is 2. The van der Waals surface area contributed by atoms with E-state index in [4.69, 9.17) is 0 Å². The molecule has 2 aromatic carbocycles. The fraction of sp³-hybridized carbons (Fsp3) is 0.261. The van der Waals surface area contributed by atoms with Crippen molar-refractivity contribution < 1.29 is 13.2 Å². The van der Waals surface area contributed by atoms with Crippen LogP contribution in [0.2, 0.25) is 0 Å². The van der Waals surface area contributed by atoms with Gasteiger partial charge in [-0.05, 0) is 41.3 Å². The van der Waals surface area contributed by atoms with Crippen LogP contribution in [0.15, 0.2) is 66.9 Å². The number of halogens is 3. The monoisotopic (exact) mass is 397 g/mol. The zero-order chi connectivity index (χ0) is 20.8. The van der Waals surface area contributed by atoms with Crippen LogP contribution in [0.25, 0.3) is 0 Å². The molecule has 0 saturated carbocycles. The van der Waals surface area contributed by atoms with Crippen LogP contribution in [0.5, 0.6) is 0 Å². The molecule has 4 rings (SSSR count). The average molecular weight is 397 g/mol. The summed E-state index contributed by atoms with van der Waals surface area (Å²) >= 11 is 0. The number of alkyl halides is 3. The summed E-state index contributed by atoms with van der Waals surface area (Å²) in [4.78, 5) is 7.99. The Morgan fingerprint density at radius 2 is 1.41 bits per heavy atom. The van der Waals surface area contributed by atoms with E-state index in [9.17, 15) is 13.2 Å². The molecule has 0 saturated heterocycles. The van der Waals surface area contributed by atoms with Gasteiger partial charge in [-0.1, -0.05) is 51.1 Å². The molecule has 1 aliphatic heterocycles. The molecule has 0 fully saturated rings. The minimum absolute atomic E-state index is 0.0252. The van der Waals surface area contributed by atoms with E-state index >= 15 is 0 Å². The van der Waals surface area contributed by atoms with Crippen molar-refractivity contribution in [2.75, 3.05) is 16.5 Å². The van der Waals surface area contributed by atoms with Crippen molar-refractivity contribution in [1.82, 2.24) is 4.98 Å². The number of aromatic nitrogens is 1. The van der Waals surface area contributed by atoms with Crippen molar-refractivity contribution >= 4 is 22.9 Å². The Morgan fingerprint density at radius 1 is 0.793 bits per heavy atom. The molecule has 1 aliphatic rings. The summed E-state index contributed by atoms with van der Waals surface area (Å²) in [6.45, 7) is 6.82. The van der Waals surface area contributed by atoms with Crippen LogP contribution < -0.4 is 9.80 Å². The number of para-hydroxylation sites is 1. The van der Waals surface area contributed by atoms with E-state index in [1.165, 1.54) is 11.6 Å². The lowest BCUT2D eigenvalue weighted by Gasteiger charge is -2.23. The molecule has 0 spiro atoms. The number of benzene rings is 2. The van der Waals surface area contributed by atoms with E-state index in [0.29, 0.717) is 18.2 Å². The Labute approximate surface area is 168 Å². The zero-order valence-corrected chi connectivity index (χ0v) is 16.5. The van der Waals surface area contributed by atoms with E-state index in [2.05, 4.69) is 37.9 Å². The minimum Gasteiger partial charge on any atom is -0.320 e. The summed E-state index contributed by atoms with van der Waals surface area (Å²) < 4.78 is 39.9. The van der Waals surface area contributed by atoms with Crippen molar-refractivity contribution in [3.63, 3.8) is 0 Å². The predicted molar refractivity (Wildman–Crippen MR) is 110 cm³/mol. The lowest BCUT2D eigenvalue weighted by molar-refractivity contribution is -0.137. The molecule has 0 atom stereocenters. The van der Waals surface area contributed by atoms with Crippen LogP contribution in [-0.2, 0) is 11.6 Å². The molecule has 29 heavy (non-hydrogen) atoms. The van der Waals surface area contributed by atoms with Gasteiger partial charge in [-0.2, -0.15) is 13.2 Å². The van der Waals surface area contributed by atoms with Crippen molar-refractivity contribution in [1.29, 1.82) is 0 Å². The fourth-order valence-corrected chi connectivity index (χ4v) is 3.47. The minimum atomic E-state index is -4.44. The lowest BCUT2D eigenvalue weighted by atomic mass is 9.87. The highest BCUT2D eigenvalue weighted by Crippen LogP contribution is 2.45. The van der Waals surface area contributed by atoms with Gasteiger partial charge in [0.15, 0.2) is 5.82 Å². The first-order valence-corrected chi connectivity index (χ1v) is 9.42. The second kappa shape index (κ2) is 6.79. The number of hydrogen-bond acceptors (Lipinski definition) is 3. The first kappa shape index (κ1) is 19.3. The van der Waals surface area contributed by atoms with E-state index in [0.717, 1.165) is 17.6 Å². The molecule has 150 valence electrons. The average Bonchev–Trinajstić information content (AvgIpc) is 3.06. The first-order valence-electron chi connectivity index (χ1n) is 9.42. The Balaban J connectivity index is 1.78. The van der Waals surface area contributed by atoms with E-state index < -0.39 is 11.7 Å². The summed E-state index contributed by atoms with van der Waals surface area (Å²) in [6, 6.07) is 18.7. The van der Waals surface area contributed by atoms with Gasteiger partial charge in [0.05, 0.1) is 11.3 Å². The van der Waals surface area contributed by atoms with Crippen molar-refractivity contribution in [2.45, 2.75) is 32.4 Å². The molecule has 0 bridgehead atoms. The highest BCUT2D eigenvalue weighted by Gasteiger charge is 2.36. The molecule has 3 aromatic rings. The molecular formula is C23H22F3N3. The van der Waals surface area contributed by atoms with Crippen molar-refractivity contribution in [3.8, 4) is 0 Å². The van der Waals surface area contributed by atoms with E-state index in [1.54, 1.807) is 0 Å². The van der Waals surface area contributed by atoms with Crippen molar-refractivity contribution in [3.05, 3.63) is 78.0 Å². The number of anilines is 4. The maximum Gasteiger partial charge on any atom is 0.417 e. The first-order chi connectivity index (χ1) is 13.6. The maximum absolute atomic E-state index is 13.3. The molecule has 2 heterocycles. The van der Waals surface area contributed by atoms with E-state index in [1.807, 2.05) is 52.3 Å². The van der Waals surface area contributed by atoms with Crippen LogP contribution in [-0.4, -0.2) is 11.7 Å². The maximum atomic E-state index is 13.3. The zero-order valence-electron chi connectivity index (χ0n) is 16.5. The van der Waals surface area contributed by atoms with Crippen LogP contribution >= 0.6 is 0 Å². The summed E-state index contributed by atoms with van der Waals surface area (Å²) in [5.74, 6) is 0.519. The van der Waals surface area contributed by atoms with Gasteiger partial charge in [-0.3, -0.25) is 0 Å². The van der Waals surface area contributed by atoms with E-state index in [-0.39, 0.29) is 5.41 Å². The third-order valence-corrected chi connectivity index (χ3v) is 5.12. The van der Waals surface area contributed by atoms with Gasteiger partial charge >= 0.3 is 6.18 Å². The van der Waals surface area contributed by atoms with Gasteiger partial charge in [-0.25, -0.2) is 4.98 Å². The molecule has 0 N–H and O–H groups in total. The fourth-order valence-electron chi connectivity index (χ4n) is 3.47. The lowest BCUT2D eigenvalue weighted by Crippen LogP contribution is -2.24. The highest BCUT2D eigenvalue weighted by molar-refractivity contribution is 5.84. The molecule has 1 aromatic heterocycles. The summed E-state index contributed by atoms with van der Waals surface area (Å²) in [7, 11) is 0. The third-order valence-electron chi connectivity index (χ3n) is 5.12. The van der Waals surface area contributed by atoms with Gasteiger partial charge in [-0.15, -0.1) is 0 Å². The van der Waals surface area contributed by atoms with Crippen LogP contribution in [0, 0.1) is 0 Å². The molecular weight excluding hydrogens is 375 g/mol. The Morgan fingerprint density at radius 3 is 2.00 bits per heavy atom. The number of nitrogens with zero attached hydrogens (tertiary/aromatic N) is 3. The van der Waals surface area contributed by atoms with Crippen LogP contribution in [0.4, 0.5) is 36.1 Å². The quantitative estimate of drug-likeness (QED) is 0.483. The van der Waals surface area contributed by atoms with Crippen LogP contribution in [0.3, 0.4) is 0 Å². The Bertz CT molecular complexity index is 1010. The molecule has 0 aliphatic carbocycles. The molecule has 6 heteroatoms. The van der Waals surface area contributed by atoms with Gasteiger partial charge in [0.2, 0.25) is 0 Å². The predicted octanol–water partition coefficient (Wildman–Crippen LogP) is 6.65. The highest BCUT2D eigenvalue weighted by atomic mass is 19.4. The standard InChI is InChI=1S/C23H22F3N3/c1-22(2,3)16-9-11-19(12-10-16)29-15-28(18-7-5-4-6-8-18)20-13-17(23(24,25)26)14-27-21(20)29/h4-14H,15H2,1-3H3. The van der Waals surface area contributed by atoms with Crippen molar-refractivity contribution in [2.24, 2.45) is 0 Å². The second-order valence-electron chi connectivity index (χ2n) is 8.19. The third kappa shape index (κ3) is 3.67. The van der Waals surface area contributed by atoms with Gasteiger partial charge < -0.3 is 9.80 Å². The molecule has 0 unspecified atom stereocenters.